The molecular weight excluding hydrogens is 851 g/mol. The Labute approximate surface area is 391 Å². The van der Waals surface area contributed by atoms with Crippen LogP contribution in [0.3, 0.4) is 0 Å². The molecule has 15 rings (SSSR count). The lowest BCUT2D eigenvalue weighted by atomic mass is 9.88. The number of furan rings is 1. The number of thiophene rings is 1. The molecule has 0 aliphatic heterocycles. The Bertz CT molecular complexity index is 4660. The summed E-state index contributed by atoms with van der Waals surface area (Å²) in [4.78, 5) is 9.52. The topological polar surface area (TPSA) is 64.0 Å². The van der Waals surface area contributed by atoms with Crippen molar-refractivity contribution >= 4 is 124 Å². The summed E-state index contributed by atoms with van der Waals surface area (Å²) in [6, 6.07) is 63.7. The van der Waals surface area contributed by atoms with Crippen LogP contribution < -0.4 is 0 Å². The molecule has 0 saturated heterocycles. The monoisotopic (exact) mass is 881 g/mol. The van der Waals surface area contributed by atoms with Gasteiger partial charge in [-0.05, 0) is 57.6 Å². The van der Waals surface area contributed by atoms with E-state index < -0.39 is 0 Å². The fraction of sp³-hybridized carbons (Fsp3) is 0. The van der Waals surface area contributed by atoms with Crippen LogP contribution in [0, 0.1) is 17.9 Å². The van der Waals surface area contributed by atoms with Gasteiger partial charge in [0.15, 0.2) is 0 Å². The van der Waals surface area contributed by atoms with Gasteiger partial charge in [0.2, 0.25) is 5.69 Å². The first-order valence-electron chi connectivity index (χ1n) is 22.5. The van der Waals surface area contributed by atoms with Gasteiger partial charge in [0.05, 0.1) is 61.9 Å². The van der Waals surface area contributed by atoms with Crippen LogP contribution in [-0.4, -0.2) is 14.1 Å². The third-order valence-electron chi connectivity index (χ3n) is 14.2. The van der Waals surface area contributed by atoms with Crippen molar-refractivity contribution in [3.8, 4) is 39.7 Å². The average Bonchev–Trinajstić information content (AvgIpc) is 4.16. The Balaban J connectivity index is 1.27. The van der Waals surface area contributed by atoms with Gasteiger partial charge in [-0.15, -0.1) is 11.3 Å². The smallest absolute Gasteiger partial charge is 0.220 e. The maximum atomic E-state index is 12.1. The van der Waals surface area contributed by atoms with Crippen molar-refractivity contribution in [2.24, 2.45) is 0 Å². The highest BCUT2D eigenvalue weighted by Gasteiger charge is 2.34. The van der Waals surface area contributed by atoms with E-state index in [2.05, 4.69) is 135 Å². The van der Waals surface area contributed by atoms with E-state index in [0.717, 1.165) is 114 Å². The molecule has 6 nitrogen and oxygen atoms in total. The van der Waals surface area contributed by atoms with Crippen LogP contribution in [0.4, 0.5) is 5.69 Å². The quantitative estimate of drug-likeness (QED) is 0.131. The molecule has 0 fully saturated rings. The lowest BCUT2D eigenvalue weighted by Gasteiger charge is -2.26. The van der Waals surface area contributed by atoms with Crippen LogP contribution >= 0.6 is 11.3 Å². The van der Waals surface area contributed by atoms with E-state index in [4.69, 9.17) is 9.40 Å². The van der Waals surface area contributed by atoms with Crippen molar-refractivity contribution in [1.82, 2.24) is 14.1 Å². The highest BCUT2D eigenvalue weighted by Crippen LogP contribution is 2.55. The van der Waals surface area contributed by atoms with E-state index in [9.17, 15) is 11.8 Å². The van der Waals surface area contributed by atoms with Gasteiger partial charge >= 0.3 is 0 Å². The minimum atomic E-state index is 0.383. The Morgan fingerprint density at radius 2 is 1.12 bits per heavy atom. The molecule has 5 aromatic heterocycles. The summed E-state index contributed by atoms with van der Waals surface area (Å²) in [6.45, 7) is 9.35. The van der Waals surface area contributed by atoms with Gasteiger partial charge in [-0.3, -0.25) is 4.98 Å². The van der Waals surface area contributed by atoms with Crippen LogP contribution in [0.5, 0.6) is 0 Å². The molecule has 0 spiro atoms. The molecule has 0 saturated carbocycles. The van der Waals surface area contributed by atoms with Crippen molar-refractivity contribution in [3.63, 3.8) is 0 Å². The highest BCUT2D eigenvalue weighted by atomic mass is 32.1. The number of nitriles is 1. The summed E-state index contributed by atoms with van der Waals surface area (Å²) in [6.07, 6.45) is 3.92. The van der Waals surface area contributed by atoms with Crippen LogP contribution in [0.2, 0.25) is 0 Å². The van der Waals surface area contributed by atoms with E-state index in [-0.39, 0.29) is 0 Å². The molecule has 0 N–H and O–H groups in total. The van der Waals surface area contributed by atoms with Crippen LogP contribution in [-0.2, 0) is 0 Å². The van der Waals surface area contributed by atoms with Crippen molar-refractivity contribution in [2.45, 2.75) is 0 Å². The second-order valence-corrected chi connectivity index (χ2v) is 18.5. The molecule has 5 heterocycles. The zero-order valence-corrected chi connectivity index (χ0v) is 36.8. The lowest BCUT2D eigenvalue weighted by molar-refractivity contribution is 0.669. The van der Waals surface area contributed by atoms with E-state index in [0.29, 0.717) is 28.2 Å². The third-order valence-corrected chi connectivity index (χ3v) is 15.4. The van der Waals surface area contributed by atoms with E-state index in [1.54, 1.807) is 11.3 Å². The van der Waals surface area contributed by atoms with Gasteiger partial charge in [-0.25, -0.2) is 4.85 Å². The molecule has 10 aromatic carbocycles. The Morgan fingerprint density at radius 1 is 0.485 bits per heavy atom. The third kappa shape index (κ3) is 4.69. The first-order valence-corrected chi connectivity index (χ1v) is 23.4. The fourth-order valence-electron chi connectivity index (χ4n) is 11.6. The molecule has 0 radical (unpaired) electrons. The minimum absolute atomic E-state index is 0.383. The molecule has 0 aliphatic rings. The fourth-order valence-corrected chi connectivity index (χ4v) is 12.8. The van der Waals surface area contributed by atoms with Crippen LogP contribution in [0.25, 0.3) is 146 Å². The summed E-state index contributed by atoms with van der Waals surface area (Å²) in [5.41, 5.74) is 10.5. The van der Waals surface area contributed by atoms with Gasteiger partial charge in [-0.2, -0.15) is 5.26 Å². The number of hydrogen-bond acceptors (Lipinski definition) is 4. The highest BCUT2D eigenvalue weighted by molar-refractivity contribution is 7.26. The van der Waals surface area contributed by atoms with E-state index >= 15 is 0 Å². The molecule has 0 aliphatic carbocycles. The van der Waals surface area contributed by atoms with Gasteiger partial charge in [0.1, 0.15) is 17.2 Å². The van der Waals surface area contributed by atoms with Crippen molar-refractivity contribution < 1.29 is 4.42 Å². The SMILES string of the molecule is [C-]#[N+]c1c(-c2ccccc2)c(C#N)c(-n2c3c(ccc4c5ccccc5sc43)c3ccc4oc5ccccc5c4c32)c(-c2ccccc2)c1-n1c2cccc3c4ccccc4c4cncc1c4c32. The maximum Gasteiger partial charge on any atom is 0.220 e. The molecule has 0 unspecified atom stereocenters. The van der Waals surface area contributed by atoms with Crippen molar-refractivity contribution in [3.05, 3.63) is 205 Å². The largest absolute Gasteiger partial charge is 0.456 e. The minimum Gasteiger partial charge on any atom is -0.456 e. The number of nitrogens with zero attached hydrogens (tertiary/aromatic N) is 5. The number of rotatable bonds is 4. The van der Waals surface area contributed by atoms with Crippen molar-refractivity contribution in [1.29, 1.82) is 5.26 Å². The normalized spacial score (nSPS) is 12.1. The Hall–Kier alpha value is -9.27. The molecule has 68 heavy (non-hydrogen) atoms. The summed E-state index contributed by atoms with van der Waals surface area (Å²) in [5.74, 6) is 0. The maximum absolute atomic E-state index is 12.1. The molecule has 7 heteroatoms. The predicted octanol–water partition coefficient (Wildman–Crippen LogP) is 17.0. The number of para-hydroxylation sites is 1. The Kier molecular flexibility index (Phi) is 7.42. The molecule has 0 bridgehead atoms. The molecule has 0 amide bonds. The first kappa shape index (κ1) is 37.0. The van der Waals surface area contributed by atoms with E-state index in [1.807, 2.05) is 73.1 Å². The standard InChI is InChI=1S/C61H31N5OS/c1-63-56-51(34-15-4-2-5-16-34)44(31-62)58(52(35-17-6-3-7-18-35)60(56)65-46-24-14-23-39-36-19-8-9-20-37(36)45-32-64-33-47(65)54(45)53(39)46)66-57-40(29-30-49-55(57)43-22-10-12-25-48(43)67-49)41-27-28-42-38-21-11-13-26-50(38)68-61(42)59(41)66/h2-30,32-33H. The van der Waals surface area contributed by atoms with Crippen LogP contribution in [0.15, 0.2) is 193 Å². The molecule has 15 aromatic rings. The number of benzene rings is 10. The number of aromatic nitrogens is 3. The summed E-state index contributed by atoms with van der Waals surface area (Å²) in [5, 5.41) is 25.1. The summed E-state index contributed by atoms with van der Waals surface area (Å²) >= 11 is 1.77. The molecular formula is C61H31N5OS. The van der Waals surface area contributed by atoms with E-state index in [1.165, 1.54) is 10.1 Å². The summed E-state index contributed by atoms with van der Waals surface area (Å²) in [7, 11) is 0. The zero-order valence-electron chi connectivity index (χ0n) is 36.0. The van der Waals surface area contributed by atoms with Gasteiger partial charge in [-0.1, -0.05) is 146 Å². The Morgan fingerprint density at radius 3 is 1.90 bits per heavy atom. The predicted molar refractivity (Wildman–Crippen MR) is 281 cm³/mol. The number of hydrogen-bond donors (Lipinski definition) is 0. The second-order valence-electron chi connectivity index (χ2n) is 17.5. The first-order chi connectivity index (χ1) is 33.7. The van der Waals surface area contributed by atoms with Crippen LogP contribution in [0.1, 0.15) is 5.56 Å². The lowest BCUT2D eigenvalue weighted by Crippen LogP contribution is -2.09. The molecule has 0 atom stereocenters. The summed E-state index contributed by atoms with van der Waals surface area (Å²) < 4.78 is 13.6. The van der Waals surface area contributed by atoms with Crippen molar-refractivity contribution in [2.75, 3.05) is 0 Å². The number of pyridine rings is 1. The average molecular weight is 882 g/mol. The zero-order chi connectivity index (χ0) is 44.8. The second kappa shape index (κ2) is 13.6. The van der Waals surface area contributed by atoms with Gasteiger partial charge in [0.25, 0.3) is 0 Å². The number of fused-ring (bicyclic) bond motifs is 14. The molecule has 312 valence electrons. The van der Waals surface area contributed by atoms with Gasteiger partial charge < -0.3 is 13.6 Å². The van der Waals surface area contributed by atoms with Gasteiger partial charge in [0, 0.05) is 65.1 Å².